The van der Waals surface area contributed by atoms with Crippen molar-refractivity contribution in [2.75, 3.05) is 0 Å². The van der Waals surface area contributed by atoms with E-state index in [0.717, 1.165) is 6.92 Å². The Morgan fingerprint density at radius 1 is 1.50 bits per heavy atom. The van der Waals surface area contributed by atoms with Gasteiger partial charge in [0.15, 0.2) is 0 Å². The van der Waals surface area contributed by atoms with E-state index >= 15 is 0 Å². The van der Waals surface area contributed by atoms with Gasteiger partial charge in [-0.25, -0.2) is 8.78 Å². The first-order valence-corrected chi connectivity index (χ1v) is 4.29. The summed E-state index contributed by atoms with van der Waals surface area (Å²) in [5.41, 5.74) is 3.50. The maximum absolute atomic E-state index is 12.5. The first-order chi connectivity index (χ1) is 6.35. The number of nitrogens with two attached hydrogens (primary N) is 1. The van der Waals surface area contributed by atoms with Gasteiger partial charge in [-0.3, -0.25) is 0 Å². The predicted octanol–water partition coefficient (Wildman–Crippen LogP) is 2.48. The highest BCUT2D eigenvalue weighted by atomic mass is 35.5. The van der Waals surface area contributed by atoms with Crippen molar-refractivity contribution in [3.05, 3.63) is 28.8 Å². The monoisotopic (exact) mass is 221 g/mol. The Hall–Kier alpha value is -0.870. The van der Waals surface area contributed by atoms with Gasteiger partial charge in [0.2, 0.25) is 0 Å². The molecule has 3 N–H and O–H groups in total. The molecule has 0 amide bonds. The standard InChI is InChI=1S/C9H10ClF2NO/c1-9(13,8(11)12)6-3-2-5(10)4-7(6)14/h2-4,8,14H,13H2,1H3. The Bertz CT molecular complexity index is 342. The molecule has 0 aliphatic heterocycles. The molecule has 1 rings (SSSR count). The molecule has 0 aliphatic carbocycles. The third kappa shape index (κ3) is 1.96. The van der Waals surface area contributed by atoms with Crippen LogP contribution in [0.4, 0.5) is 8.78 Å². The van der Waals surface area contributed by atoms with Gasteiger partial charge in [0.25, 0.3) is 6.43 Å². The van der Waals surface area contributed by atoms with Crippen LogP contribution in [0.5, 0.6) is 5.75 Å². The minimum atomic E-state index is -2.76. The van der Waals surface area contributed by atoms with Crippen molar-refractivity contribution >= 4 is 11.6 Å². The zero-order valence-electron chi connectivity index (χ0n) is 7.47. The van der Waals surface area contributed by atoms with E-state index in [1.807, 2.05) is 0 Å². The Morgan fingerprint density at radius 3 is 2.50 bits per heavy atom. The van der Waals surface area contributed by atoms with Crippen LogP contribution in [0.2, 0.25) is 5.02 Å². The first kappa shape index (κ1) is 11.2. The molecule has 0 aromatic heterocycles. The van der Waals surface area contributed by atoms with Crippen molar-refractivity contribution in [3.8, 4) is 5.75 Å². The fourth-order valence-electron chi connectivity index (χ4n) is 1.08. The van der Waals surface area contributed by atoms with Crippen LogP contribution in [0, 0.1) is 0 Å². The fraction of sp³-hybridized carbons (Fsp3) is 0.333. The van der Waals surface area contributed by atoms with Crippen molar-refractivity contribution in [1.29, 1.82) is 0 Å². The Morgan fingerprint density at radius 2 is 2.07 bits per heavy atom. The van der Waals surface area contributed by atoms with Crippen molar-refractivity contribution in [2.45, 2.75) is 18.9 Å². The van der Waals surface area contributed by atoms with Crippen molar-refractivity contribution in [3.63, 3.8) is 0 Å². The van der Waals surface area contributed by atoms with Gasteiger partial charge in [0.1, 0.15) is 11.3 Å². The van der Waals surface area contributed by atoms with E-state index in [0.29, 0.717) is 0 Å². The third-order valence-electron chi connectivity index (χ3n) is 1.99. The van der Waals surface area contributed by atoms with Crippen LogP contribution in [-0.4, -0.2) is 11.5 Å². The summed E-state index contributed by atoms with van der Waals surface area (Å²) in [6, 6.07) is 3.89. The maximum atomic E-state index is 12.5. The number of hydrogen-bond donors (Lipinski definition) is 2. The lowest BCUT2D eigenvalue weighted by atomic mass is 9.93. The predicted molar refractivity (Wildman–Crippen MR) is 50.7 cm³/mol. The highest BCUT2D eigenvalue weighted by molar-refractivity contribution is 6.30. The van der Waals surface area contributed by atoms with E-state index in [4.69, 9.17) is 17.3 Å². The normalized spacial score (nSPS) is 15.6. The fourth-order valence-corrected chi connectivity index (χ4v) is 1.24. The Kier molecular flexibility index (Phi) is 2.97. The molecule has 0 radical (unpaired) electrons. The molecule has 0 saturated heterocycles. The SMILES string of the molecule is CC(N)(c1ccc(Cl)cc1O)C(F)F. The zero-order chi connectivity index (χ0) is 10.9. The lowest BCUT2D eigenvalue weighted by Gasteiger charge is -2.24. The van der Waals surface area contributed by atoms with E-state index in [9.17, 15) is 13.9 Å². The summed E-state index contributed by atoms with van der Waals surface area (Å²) in [6.07, 6.45) is -2.76. The molecule has 1 aromatic rings. The molecule has 1 unspecified atom stereocenters. The molecule has 5 heteroatoms. The number of aromatic hydroxyl groups is 1. The van der Waals surface area contributed by atoms with Gasteiger partial charge < -0.3 is 10.8 Å². The summed E-state index contributed by atoms with van der Waals surface area (Å²) in [5.74, 6) is -0.317. The van der Waals surface area contributed by atoms with Crippen LogP contribution >= 0.6 is 11.6 Å². The maximum Gasteiger partial charge on any atom is 0.260 e. The number of alkyl halides is 2. The van der Waals surface area contributed by atoms with E-state index < -0.39 is 12.0 Å². The number of hydrogen-bond acceptors (Lipinski definition) is 2. The molecule has 1 atom stereocenters. The quantitative estimate of drug-likeness (QED) is 0.806. The molecule has 2 nitrogen and oxygen atoms in total. The van der Waals surface area contributed by atoms with E-state index in [2.05, 4.69) is 0 Å². The largest absolute Gasteiger partial charge is 0.508 e. The zero-order valence-corrected chi connectivity index (χ0v) is 8.22. The lowest BCUT2D eigenvalue weighted by molar-refractivity contribution is 0.0611. The van der Waals surface area contributed by atoms with Gasteiger partial charge in [0, 0.05) is 10.6 Å². The second-order valence-corrected chi connectivity index (χ2v) is 3.68. The minimum Gasteiger partial charge on any atom is -0.508 e. The van der Waals surface area contributed by atoms with Gasteiger partial charge in [0.05, 0.1) is 0 Å². The Labute approximate surface area is 85.3 Å². The summed E-state index contributed by atoms with van der Waals surface area (Å²) >= 11 is 5.56. The van der Waals surface area contributed by atoms with Crippen LogP contribution in [0.3, 0.4) is 0 Å². The molecule has 0 fully saturated rings. The molecular formula is C9H10ClF2NO. The van der Waals surface area contributed by atoms with Gasteiger partial charge in [-0.2, -0.15) is 0 Å². The highest BCUT2D eigenvalue weighted by Crippen LogP contribution is 2.33. The third-order valence-corrected chi connectivity index (χ3v) is 2.23. The molecule has 0 saturated carbocycles. The van der Waals surface area contributed by atoms with Crippen LogP contribution in [0.1, 0.15) is 12.5 Å². The van der Waals surface area contributed by atoms with Gasteiger partial charge in [-0.1, -0.05) is 17.7 Å². The lowest BCUT2D eigenvalue weighted by Crippen LogP contribution is -2.40. The molecule has 0 heterocycles. The summed E-state index contributed by atoms with van der Waals surface area (Å²) < 4.78 is 25.0. The molecule has 78 valence electrons. The average Bonchev–Trinajstić information content (AvgIpc) is 2.02. The highest BCUT2D eigenvalue weighted by Gasteiger charge is 2.34. The van der Waals surface area contributed by atoms with Gasteiger partial charge >= 0.3 is 0 Å². The number of halogens is 3. The van der Waals surface area contributed by atoms with Crippen molar-refractivity contribution < 1.29 is 13.9 Å². The second-order valence-electron chi connectivity index (χ2n) is 3.24. The summed E-state index contributed by atoms with van der Waals surface area (Å²) in [4.78, 5) is 0. The second kappa shape index (κ2) is 3.71. The van der Waals surface area contributed by atoms with Crippen LogP contribution in [-0.2, 0) is 5.54 Å². The average molecular weight is 222 g/mol. The molecule has 14 heavy (non-hydrogen) atoms. The summed E-state index contributed by atoms with van der Waals surface area (Å²) in [5, 5.41) is 9.65. The number of rotatable bonds is 2. The van der Waals surface area contributed by atoms with Crippen LogP contribution in [0.25, 0.3) is 0 Å². The minimum absolute atomic E-state index is 0.0168. The van der Waals surface area contributed by atoms with Gasteiger partial charge in [-0.15, -0.1) is 0 Å². The number of benzene rings is 1. The van der Waals surface area contributed by atoms with E-state index in [-0.39, 0.29) is 16.3 Å². The topological polar surface area (TPSA) is 46.2 Å². The smallest absolute Gasteiger partial charge is 0.260 e. The van der Waals surface area contributed by atoms with E-state index in [1.165, 1.54) is 18.2 Å². The molecule has 0 bridgehead atoms. The molecule has 0 aliphatic rings. The molecular weight excluding hydrogens is 212 g/mol. The number of phenols is 1. The van der Waals surface area contributed by atoms with Crippen molar-refractivity contribution in [1.82, 2.24) is 0 Å². The molecule has 1 aromatic carbocycles. The Balaban J connectivity index is 3.19. The van der Waals surface area contributed by atoms with Crippen LogP contribution in [0.15, 0.2) is 18.2 Å². The summed E-state index contributed by atoms with van der Waals surface area (Å²) in [6.45, 7) is 1.15. The summed E-state index contributed by atoms with van der Waals surface area (Å²) in [7, 11) is 0. The molecule has 0 spiro atoms. The van der Waals surface area contributed by atoms with Crippen molar-refractivity contribution in [2.24, 2.45) is 5.73 Å². The van der Waals surface area contributed by atoms with E-state index in [1.54, 1.807) is 0 Å². The van der Waals surface area contributed by atoms with Gasteiger partial charge in [-0.05, 0) is 19.1 Å². The number of phenolic OH excluding ortho intramolecular Hbond substituents is 1. The van der Waals surface area contributed by atoms with Crippen LogP contribution < -0.4 is 5.73 Å². The first-order valence-electron chi connectivity index (χ1n) is 3.91.